The highest BCUT2D eigenvalue weighted by atomic mass is 16.6. The second-order valence-electron chi connectivity index (χ2n) is 5.01. The number of nitrogens with zero attached hydrogens (tertiary/aromatic N) is 4. The van der Waals surface area contributed by atoms with Crippen molar-refractivity contribution in [2.24, 2.45) is 0 Å². The third-order valence-electron chi connectivity index (χ3n) is 3.42. The Bertz CT molecular complexity index is 906. The maximum Gasteiger partial charge on any atom is 0.285 e. The number of aryl methyl sites for hydroxylation is 1. The molecule has 2 aromatic heterocycles. The van der Waals surface area contributed by atoms with Crippen molar-refractivity contribution < 1.29 is 9.72 Å². The molecule has 0 aliphatic rings. The monoisotopic (exact) mass is 323 g/mol. The number of carbonyl (C=O) groups excluding carboxylic acids is 1. The summed E-state index contributed by atoms with van der Waals surface area (Å²) < 4.78 is 1.50. The van der Waals surface area contributed by atoms with Gasteiger partial charge in [0.05, 0.1) is 10.6 Å². The summed E-state index contributed by atoms with van der Waals surface area (Å²) in [6, 6.07) is 9.66. The molecule has 120 valence electrons. The lowest BCUT2D eigenvalue weighted by Gasteiger charge is -2.10. The van der Waals surface area contributed by atoms with E-state index in [2.05, 4.69) is 15.4 Å². The zero-order valence-corrected chi connectivity index (χ0v) is 12.7. The Labute approximate surface area is 136 Å². The fourth-order valence-corrected chi connectivity index (χ4v) is 2.35. The molecule has 3 rings (SSSR count). The quantitative estimate of drug-likeness (QED) is 0.587. The van der Waals surface area contributed by atoms with E-state index in [-0.39, 0.29) is 11.3 Å². The fraction of sp³-hybridized carbons (Fsp3) is 0.0625. The molecule has 0 atom stereocenters. The van der Waals surface area contributed by atoms with Gasteiger partial charge in [-0.1, -0.05) is 12.1 Å². The van der Waals surface area contributed by atoms with E-state index >= 15 is 0 Å². The van der Waals surface area contributed by atoms with Crippen LogP contribution in [0, 0.1) is 17.0 Å². The average Bonchev–Trinajstić information content (AvgIpc) is 3.09. The van der Waals surface area contributed by atoms with Gasteiger partial charge in [0.2, 0.25) is 0 Å². The van der Waals surface area contributed by atoms with E-state index in [1.54, 1.807) is 55.8 Å². The number of hydrogen-bond acceptors (Lipinski definition) is 5. The number of rotatable bonds is 4. The molecule has 0 spiro atoms. The largest absolute Gasteiger partial charge is 0.319 e. The molecule has 0 aliphatic carbocycles. The van der Waals surface area contributed by atoms with Crippen LogP contribution in [-0.2, 0) is 0 Å². The summed E-state index contributed by atoms with van der Waals surface area (Å²) in [5, 5.41) is 18.0. The summed E-state index contributed by atoms with van der Waals surface area (Å²) in [6.07, 6.45) is 4.85. The normalized spacial score (nSPS) is 10.4. The Hall–Kier alpha value is -3.55. The van der Waals surface area contributed by atoms with Crippen molar-refractivity contribution in [3.8, 4) is 5.82 Å². The molecule has 3 aromatic rings. The first kappa shape index (κ1) is 15.3. The van der Waals surface area contributed by atoms with Crippen LogP contribution in [0.1, 0.15) is 15.9 Å². The number of amides is 1. The number of nitro groups is 1. The SMILES string of the molecule is Cc1cccc(C(=O)Nc2cccnc2-n2cccn2)c1[N+](=O)[O-]. The lowest BCUT2D eigenvalue weighted by molar-refractivity contribution is -0.385. The van der Waals surface area contributed by atoms with E-state index < -0.39 is 10.8 Å². The van der Waals surface area contributed by atoms with Crippen molar-refractivity contribution in [3.63, 3.8) is 0 Å². The van der Waals surface area contributed by atoms with Gasteiger partial charge in [-0.3, -0.25) is 14.9 Å². The number of nitro benzene ring substituents is 1. The molecule has 0 fully saturated rings. The second-order valence-corrected chi connectivity index (χ2v) is 5.01. The number of benzene rings is 1. The Kier molecular flexibility index (Phi) is 4.02. The summed E-state index contributed by atoms with van der Waals surface area (Å²) in [5.74, 6) is -0.155. The Morgan fingerprint density at radius 3 is 2.75 bits per heavy atom. The number of aromatic nitrogens is 3. The molecule has 1 amide bonds. The van der Waals surface area contributed by atoms with Gasteiger partial charge in [-0.15, -0.1) is 0 Å². The Morgan fingerprint density at radius 2 is 2.04 bits per heavy atom. The van der Waals surface area contributed by atoms with E-state index in [4.69, 9.17) is 0 Å². The van der Waals surface area contributed by atoms with Gasteiger partial charge in [0.1, 0.15) is 5.56 Å². The van der Waals surface area contributed by atoms with Crippen LogP contribution in [-0.4, -0.2) is 25.6 Å². The number of carbonyl (C=O) groups is 1. The lowest BCUT2D eigenvalue weighted by Crippen LogP contribution is -2.16. The molecule has 0 saturated carbocycles. The van der Waals surface area contributed by atoms with E-state index in [1.165, 1.54) is 10.7 Å². The summed E-state index contributed by atoms with van der Waals surface area (Å²) in [5.41, 5.74) is 0.614. The summed E-state index contributed by atoms with van der Waals surface area (Å²) in [4.78, 5) is 27.4. The van der Waals surface area contributed by atoms with Crippen LogP contribution in [0.25, 0.3) is 5.82 Å². The van der Waals surface area contributed by atoms with Crippen molar-refractivity contribution in [1.29, 1.82) is 0 Å². The Balaban J connectivity index is 1.98. The molecule has 8 heteroatoms. The van der Waals surface area contributed by atoms with Crippen LogP contribution in [0.15, 0.2) is 55.0 Å². The number of anilines is 1. The van der Waals surface area contributed by atoms with Gasteiger partial charge in [0, 0.05) is 24.2 Å². The first-order valence-corrected chi connectivity index (χ1v) is 7.08. The van der Waals surface area contributed by atoms with Gasteiger partial charge in [0.25, 0.3) is 11.6 Å². The van der Waals surface area contributed by atoms with Crippen molar-refractivity contribution in [1.82, 2.24) is 14.8 Å². The predicted octanol–water partition coefficient (Wildman–Crippen LogP) is 2.74. The highest BCUT2D eigenvalue weighted by Gasteiger charge is 2.23. The van der Waals surface area contributed by atoms with Crippen LogP contribution >= 0.6 is 0 Å². The molecule has 0 bridgehead atoms. The maximum atomic E-state index is 12.5. The molecule has 8 nitrogen and oxygen atoms in total. The van der Waals surface area contributed by atoms with E-state index in [1.807, 2.05) is 0 Å². The number of hydrogen-bond donors (Lipinski definition) is 1. The minimum atomic E-state index is -0.577. The molecule has 0 radical (unpaired) electrons. The molecule has 0 aliphatic heterocycles. The third kappa shape index (κ3) is 2.84. The van der Waals surface area contributed by atoms with Crippen LogP contribution in [0.4, 0.5) is 11.4 Å². The predicted molar refractivity (Wildman–Crippen MR) is 87.1 cm³/mol. The van der Waals surface area contributed by atoms with Gasteiger partial charge < -0.3 is 5.32 Å². The lowest BCUT2D eigenvalue weighted by atomic mass is 10.1. The zero-order chi connectivity index (χ0) is 17.1. The fourth-order valence-electron chi connectivity index (χ4n) is 2.35. The summed E-state index contributed by atoms with van der Waals surface area (Å²) >= 11 is 0. The van der Waals surface area contributed by atoms with Gasteiger partial charge >= 0.3 is 0 Å². The highest BCUT2D eigenvalue weighted by Crippen LogP contribution is 2.25. The van der Waals surface area contributed by atoms with E-state index in [0.29, 0.717) is 17.1 Å². The summed E-state index contributed by atoms with van der Waals surface area (Å²) in [7, 11) is 0. The van der Waals surface area contributed by atoms with Crippen LogP contribution in [0.3, 0.4) is 0 Å². The van der Waals surface area contributed by atoms with Gasteiger partial charge in [-0.2, -0.15) is 5.10 Å². The molecule has 0 saturated heterocycles. The first-order valence-electron chi connectivity index (χ1n) is 7.08. The number of pyridine rings is 1. The van der Waals surface area contributed by atoms with Crippen molar-refractivity contribution in [2.45, 2.75) is 6.92 Å². The molecule has 24 heavy (non-hydrogen) atoms. The van der Waals surface area contributed by atoms with Crippen LogP contribution in [0.2, 0.25) is 0 Å². The average molecular weight is 323 g/mol. The molecule has 0 unspecified atom stereocenters. The third-order valence-corrected chi connectivity index (χ3v) is 3.42. The second kappa shape index (κ2) is 6.29. The van der Waals surface area contributed by atoms with Crippen molar-refractivity contribution >= 4 is 17.3 Å². The molecule has 1 aromatic carbocycles. The number of para-hydroxylation sites is 1. The highest BCUT2D eigenvalue weighted by molar-refractivity contribution is 6.08. The van der Waals surface area contributed by atoms with Crippen LogP contribution in [0.5, 0.6) is 0 Å². The van der Waals surface area contributed by atoms with Gasteiger partial charge in [-0.05, 0) is 31.2 Å². The van der Waals surface area contributed by atoms with Gasteiger partial charge in [0.15, 0.2) is 5.82 Å². The van der Waals surface area contributed by atoms with E-state index in [9.17, 15) is 14.9 Å². The smallest absolute Gasteiger partial charge is 0.285 e. The van der Waals surface area contributed by atoms with Gasteiger partial charge in [-0.25, -0.2) is 9.67 Å². The maximum absolute atomic E-state index is 12.5. The molecule has 2 heterocycles. The minimum absolute atomic E-state index is 0.00438. The van der Waals surface area contributed by atoms with Crippen LogP contribution < -0.4 is 5.32 Å². The summed E-state index contributed by atoms with van der Waals surface area (Å²) in [6.45, 7) is 1.59. The zero-order valence-electron chi connectivity index (χ0n) is 12.7. The Morgan fingerprint density at radius 1 is 1.21 bits per heavy atom. The first-order chi connectivity index (χ1) is 11.6. The van der Waals surface area contributed by atoms with Crippen molar-refractivity contribution in [3.05, 3.63) is 76.2 Å². The molecular formula is C16H13N5O3. The minimum Gasteiger partial charge on any atom is -0.319 e. The topological polar surface area (TPSA) is 103 Å². The molecular weight excluding hydrogens is 310 g/mol. The molecule has 1 N–H and O–H groups in total. The standard InChI is InChI=1S/C16H13N5O3/c1-11-5-2-6-12(14(11)21(23)24)16(22)19-13-7-3-8-17-15(13)20-10-4-9-18-20/h2-10H,1H3,(H,19,22). The number of nitrogens with one attached hydrogen (secondary N) is 1. The van der Waals surface area contributed by atoms with E-state index in [0.717, 1.165) is 0 Å². The van der Waals surface area contributed by atoms with Crippen molar-refractivity contribution in [2.75, 3.05) is 5.32 Å².